The molecule has 1 N–H and O–H groups in total. The molecule has 0 radical (unpaired) electrons. The number of nitrogens with one attached hydrogen (secondary N) is 1. The molecule has 0 bridgehead atoms. The second-order valence-electron chi connectivity index (χ2n) is 4.62. The van der Waals surface area contributed by atoms with Crippen LogP contribution in [0.2, 0.25) is 0 Å². The largest absolute Gasteiger partial charge is 0.423 e. The van der Waals surface area contributed by atoms with Crippen LogP contribution in [0, 0.1) is 0 Å². The van der Waals surface area contributed by atoms with Gasteiger partial charge in [-0.3, -0.25) is 4.79 Å². The fourth-order valence-corrected chi connectivity index (χ4v) is 2.32. The Morgan fingerprint density at radius 2 is 1.95 bits per heavy atom. The number of pyridine rings is 1. The highest BCUT2D eigenvalue weighted by molar-refractivity contribution is 5.90. The number of esters is 1. The SMILES string of the molecule is O=C(Oc1ccc2c(c1)CCC2)c1ccc(=O)[nH]c1. The molecule has 0 saturated heterocycles. The third-order valence-corrected chi connectivity index (χ3v) is 3.30. The van der Waals surface area contributed by atoms with Gasteiger partial charge in [0, 0.05) is 12.3 Å². The van der Waals surface area contributed by atoms with Crippen molar-refractivity contribution in [3.63, 3.8) is 0 Å². The van der Waals surface area contributed by atoms with Crippen molar-refractivity contribution >= 4 is 5.97 Å². The van der Waals surface area contributed by atoms with Crippen LogP contribution in [0.5, 0.6) is 5.75 Å². The Labute approximate surface area is 110 Å². The molecule has 0 spiro atoms. The zero-order chi connectivity index (χ0) is 13.2. The van der Waals surface area contributed by atoms with Crippen molar-refractivity contribution in [2.75, 3.05) is 0 Å². The summed E-state index contributed by atoms with van der Waals surface area (Å²) in [6, 6.07) is 8.51. The van der Waals surface area contributed by atoms with Gasteiger partial charge in [0.1, 0.15) is 5.75 Å². The zero-order valence-corrected chi connectivity index (χ0v) is 10.3. The van der Waals surface area contributed by atoms with E-state index in [-0.39, 0.29) is 5.56 Å². The van der Waals surface area contributed by atoms with Gasteiger partial charge in [-0.2, -0.15) is 0 Å². The van der Waals surface area contributed by atoms with Gasteiger partial charge in [-0.15, -0.1) is 0 Å². The Balaban J connectivity index is 1.79. The van der Waals surface area contributed by atoms with E-state index in [1.165, 1.54) is 29.5 Å². The Bertz CT molecular complexity index is 668. The van der Waals surface area contributed by atoms with E-state index in [2.05, 4.69) is 4.98 Å². The maximum absolute atomic E-state index is 11.9. The maximum Gasteiger partial charge on any atom is 0.345 e. The lowest BCUT2D eigenvalue weighted by Gasteiger charge is -2.06. The number of aryl methyl sites for hydroxylation is 2. The Kier molecular flexibility index (Phi) is 2.91. The van der Waals surface area contributed by atoms with Gasteiger partial charge in [-0.1, -0.05) is 6.07 Å². The maximum atomic E-state index is 11.9. The number of carbonyl (C=O) groups is 1. The highest BCUT2D eigenvalue weighted by Crippen LogP contribution is 2.26. The number of aromatic amines is 1. The van der Waals surface area contributed by atoms with Crippen LogP contribution in [-0.4, -0.2) is 11.0 Å². The molecule has 0 unspecified atom stereocenters. The van der Waals surface area contributed by atoms with Crippen LogP contribution < -0.4 is 10.3 Å². The van der Waals surface area contributed by atoms with Gasteiger partial charge in [0.25, 0.3) is 0 Å². The molecule has 0 fully saturated rings. The normalized spacial score (nSPS) is 13.1. The van der Waals surface area contributed by atoms with Gasteiger partial charge >= 0.3 is 5.97 Å². The van der Waals surface area contributed by atoms with E-state index in [1.54, 1.807) is 0 Å². The Morgan fingerprint density at radius 1 is 1.11 bits per heavy atom. The van der Waals surface area contributed by atoms with Crippen LogP contribution >= 0.6 is 0 Å². The first-order valence-corrected chi connectivity index (χ1v) is 6.25. The van der Waals surface area contributed by atoms with Gasteiger partial charge in [-0.25, -0.2) is 4.79 Å². The number of H-pyrrole nitrogens is 1. The molecule has 19 heavy (non-hydrogen) atoms. The summed E-state index contributed by atoms with van der Waals surface area (Å²) < 4.78 is 5.30. The quantitative estimate of drug-likeness (QED) is 0.660. The van der Waals surface area contributed by atoms with Crippen molar-refractivity contribution in [1.82, 2.24) is 4.98 Å². The average molecular weight is 255 g/mol. The number of carbonyl (C=O) groups excluding carboxylic acids is 1. The van der Waals surface area contributed by atoms with E-state index in [0.717, 1.165) is 19.3 Å². The molecule has 96 valence electrons. The first-order chi connectivity index (χ1) is 9.22. The predicted octanol–water partition coefficient (Wildman–Crippen LogP) is 2.08. The molecule has 0 saturated carbocycles. The molecule has 4 heteroatoms. The number of aromatic nitrogens is 1. The molecule has 1 aromatic heterocycles. The molecular formula is C15H13NO3. The van der Waals surface area contributed by atoms with E-state index in [1.807, 2.05) is 18.2 Å². The van der Waals surface area contributed by atoms with Crippen LogP contribution in [0.25, 0.3) is 0 Å². The second-order valence-corrected chi connectivity index (χ2v) is 4.62. The summed E-state index contributed by atoms with van der Waals surface area (Å²) in [6.45, 7) is 0. The van der Waals surface area contributed by atoms with Crippen molar-refractivity contribution in [2.24, 2.45) is 0 Å². The predicted molar refractivity (Wildman–Crippen MR) is 70.5 cm³/mol. The number of benzene rings is 1. The molecule has 1 heterocycles. The van der Waals surface area contributed by atoms with Crippen molar-refractivity contribution < 1.29 is 9.53 Å². The first kappa shape index (κ1) is 11.7. The Hall–Kier alpha value is -2.36. The molecule has 1 aliphatic rings. The third kappa shape index (κ3) is 2.42. The molecule has 1 aliphatic carbocycles. The van der Waals surface area contributed by atoms with E-state index < -0.39 is 5.97 Å². The summed E-state index contributed by atoms with van der Waals surface area (Å²) in [5.74, 6) is 0.0889. The van der Waals surface area contributed by atoms with Crippen LogP contribution in [0.3, 0.4) is 0 Å². The minimum atomic E-state index is -0.464. The average Bonchev–Trinajstić information content (AvgIpc) is 2.87. The number of ether oxygens (including phenoxy) is 1. The second kappa shape index (κ2) is 4.72. The smallest absolute Gasteiger partial charge is 0.345 e. The van der Waals surface area contributed by atoms with Crippen LogP contribution in [0.15, 0.2) is 41.3 Å². The zero-order valence-electron chi connectivity index (χ0n) is 10.3. The molecule has 1 aromatic carbocycles. The van der Waals surface area contributed by atoms with Crippen molar-refractivity contribution in [3.05, 3.63) is 63.6 Å². The van der Waals surface area contributed by atoms with Gasteiger partial charge in [0.15, 0.2) is 0 Å². The molecule has 3 rings (SSSR count). The summed E-state index contributed by atoms with van der Waals surface area (Å²) in [5.41, 5.74) is 2.68. The van der Waals surface area contributed by atoms with Gasteiger partial charge in [0.2, 0.25) is 5.56 Å². The third-order valence-electron chi connectivity index (χ3n) is 3.30. The van der Waals surface area contributed by atoms with Gasteiger partial charge in [0.05, 0.1) is 5.56 Å². The fourth-order valence-electron chi connectivity index (χ4n) is 2.32. The summed E-state index contributed by atoms with van der Waals surface area (Å²) in [5, 5.41) is 0. The summed E-state index contributed by atoms with van der Waals surface area (Å²) in [4.78, 5) is 25.3. The van der Waals surface area contributed by atoms with Gasteiger partial charge < -0.3 is 9.72 Å². The van der Waals surface area contributed by atoms with Crippen LogP contribution in [0.1, 0.15) is 27.9 Å². The van der Waals surface area contributed by atoms with Gasteiger partial charge in [-0.05, 0) is 48.6 Å². The Morgan fingerprint density at radius 3 is 2.74 bits per heavy atom. The number of hydrogen-bond acceptors (Lipinski definition) is 3. The topological polar surface area (TPSA) is 59.2 Å². The van der Waals surface area contributed by atoms with Crippen molar-refractivity contribution in [3.8, 4) is 5.75 Å². The number of rotatable bonds is 2. The van der Waals surface area contributed by atoms with Crippen molar-refractivity contribution in [2.45, 2.75) is 19.3 Å². The highest BCUT2D eigenvalue weighted by Gasteiger charge is 2.13. The van der Waals surface area contributed by atoms with Crippen molar-refractivity contribution in [1.29, 1.82) is 0 Å². The minimum absolute atomic E-state index is 0.242. The fraction of sp³-hybridized carbons (Fsp3) is 0.200. The summed E-state index contributed by atoms with van der Waals surface area (Å²) >= 11 is 0. The standard InChI is InChI=1S/C15H13NO3/c17-14-7-5-12(9-16-14)15(18)19-13-6-4-10-2-1-3-11(10)8-13/h4-9H,1-3H2,(H,16,17). The number of fused-ring (bicyclic) bond motifs is 1. The lowest BCUT2D eigenvalue weighted by Crippen LogP contribution is -2.12. The van der Waals surface area contributed by atoms with E-state index in [4.69, 9.17) is 4.74 Å². The minimum Gasteiger partial charge on any atom is -0.423 e. The van der Waals surface area contributed by atoms with Crippen LogP contribution in [0.4, 0.5) is 0 Å². The number of hydrogen-bond donors (Lipinski definition) is 1. The first-order valence-electron chi connectivity index (χ1n) is 6.25. The summed E-state index contributed by atoms with van der Waals surface area (Å²) in [7, 11) is 0. The lowest BCUT2D eigenvalue weighted by atomic mass is 10.1. The highest BCUT2D eigenvalue weighted by atomic mass is 16.5. The monoisotopic (exact) mass is 255 g/mol. The molecular weight excluding hydrogens is 242 g/mol. The molecule has 0 atom stereocenters. The molecule has 4 nitrogen and oxygen atoms in total. The molecule has 2 aromatic rings. The van der Waals surface area contributed by atoms with E-state index in [9.17, 15) is 9.59 Å². The van der Waals surface area contributed by atoms with Crippen LogP contribution in [-0.2, 0) is 12.8 Å². The van der Waals surface area contributed by atoms with E-state index in [0.29, 0.717) is 11.3 Å². The molecule has 0 aliphatic heterocycles. The lowest BCUT2D eigenvalue weighted by molar-refractivity contribution is 0.0734. The van der Waals surface area contributed by atoms with E-state index >= 15 is 0 Å². The molecule has 0 amide bonds. The summed E-state index contributed by atoms with van der Waals surface area (Å²) in [6.07, 6.45) is 4.66.